The molecule has 0 atom stereocenters. The maximum Gasteiger partial charge on any atom is 0.240 e. The fourth-order valence-electron chi connectivity index (χ4n) is 2.01. The van der Waals surface area contributed by atoms with Crippen molar-refractivity contribution >= 4 is 23.3 Å². The van der Waals surface area contributed by atoms with E-state index in [1.165, 1.54) is 0 Å². The molecule has 1 aromatic carbocycles. The molecule has 0 aliphatic carbocycles. The number of aromatic nitrogens is 1. The molecule has 1 heterocycles. The molecule has 2 rings (SSSR count). The van der Waals surface area contributed by atoms with Gasteiger partial charge in [-0.15, -0.1) is 0 Å². The van der Waals surface area contributed by atoms with Crippen LogP contribution in [0.4, 0.5) is 5.82 Å². The number of hydrogen-bond donors (Lipinski definition) is 2. The average Bonchev–Trinajstić information content (AvgIpc) is 2.60. The largest absolute Gasteiger partial charge is 0.310 e. The highest BCUT2D eigenvalue weighted by atomic mass is 16.2. The van der Waals surface area contributed by atoms with Crippen LogP contribution >= 0.6 is 0 Å². The van der Waals surface area contributed by atoms with Crippen LogP contribution in [0.15, 0.2) is 59.8 Å². The lowest BCUT2D eigenvalue weighted by molar-refractivity contribution is -0.121. The van der Waals surface area contributed by atoms with Crippen LogP contribution in [0, 0.1) is 0 Å². The van der Waals surface area contributed by atoms with Crippen molar-refractivity contribution in [1.29, 1.82) is 0 Å². The fourth-order valence-corrected chi connectivity index (χ4v) is 2.01. The second-order valence-corrected chi connectivity index (χ2v) is 5.31. The fraction of sp³-hybridized carbons (Fsp3) is 0.222. The summed E-state index contributed by atoms with van der Waals surface area (Å²) in [6, 6.07) is 15.0. The normalized spacial score (nSPS) is 11.0. The number of anilines is 1. The number of pyridine rings is 1. The van der Waals surface area contributed by atoms with E-state index >= 15 is 0 Å². The molecular weight excluding hydrogens is 304 g/mol. The quantitative estimate of drug-likeness (QED) is 0.606. The molecule has 0 spiro atoms. The first-order valence-electron chi connectivity index (χ1n) is 7.70. The number of amides is 2. The topological polar surface area (TPSA) is 83.4 Å². The molecule has 0 aliphatic rings. The standard InChI is InChI=1S/C18H20N4O2/c1-14(13-18(24)20-16-9-5-6-12-19-16)21-22-17(23)11-10-15-7-3-2-4-8-15/h2-9,12H,10-11,13H2,1H3,(H,22,23)(H,19,20,24)/b21-14-. The number of benzene rings is 1. The Bertz CT molecular complexity index is 699. The molecule has 0 radical (unpaired) electrons. The van der Waals surface area contributed by atoms with Gasteiger partial charge in [0.25, 0.3) is 0 Å². The third-order valence-electron chi connectivity index (χ3n) is 3.20. The molecule has 2 aromatic rings. The highest BCUT2D eigenvalue weighted by Crippen LogP contribution is 2.03. The zero-order valence-corrected chi connectivity index (χ0v) is 13.5. The average molecular weight is 324 g/mol. The van der Waals surface area contributed by atoms with Crippen molar-refractivity contribution in [2.24, 2.45) is 5.10 Å². The zero-order chi connectivity index (χ0) is 17.2. The second-order valence-electron chi connectivity index (χ2n) is 5.31. The maximum absolute atomic E-state index is 11.8. The minimum absolute atomic E-state index is 0.0928. The first kappa shape index (κ1) is 17.3. The Morgan fingerprint density at radius 3 is 2.50 bits per heavy atom. The summed E-state index contributed by atoms with van der Waals surface area (Å²) in [5.41, 5.74) is 4.10. The summed E-state index contributed by atoms with van der Waals surface area (Å²) in [6.07, 6.45) is 2.70. The summed E-state index contributed by atoms with van der Waals surface area (Å²) in [5, 5.41) is 6.62. The predicted molar refractivity (Wildman–Crippen MR) is 93.5 cm³/mol. The van der Waals surface area contributed by atoms with E-state index in [4.69, 9.17) is 0 Å². The van der Waals surface area contributed by atoms with E-state index in [0.717, 1.165) is 5.56 Å². The number of rotatable bonds is 7. The number of carbonyl (C=O) groups excluding carboxylic acids is 2. The SMILES string of the molecule is C/C(CC(=O)Nc1ccccn1)=N/NC(=O)CCc1ccccc1. The van der Waals surface area contributed by atoms with Crippen molar-refractivity contribution in [2.45, 2.75) is 26.2 Å². The highest BCUT2D eigenvalue weighted by molar-refractivity contribution is 6.05. The van der Waals surface area contributed by atoms with Gasteiger partial charge in [-0.1, -0.05) is 36.4 Å². The van der Waals surface area contributed by atoms with Crippen LogP contribution in [-0.2, 0) is 16.0 Å². The van der Waals surface area contributed by atoms with Crippen molar-refractivity contribution in [2.75, 3.05) is 5.32 Å². The Morgan fingerprint density at radius 1 is 1.04 bits per heavy atom. The van der Waals surface area contributed by atoms with Gasteiger partial charge in [0.15, 0.2) is 0 Å². The number of carbonyl (C=O) groups is 2. The summed E-state index contributed by atoms with van der Waals surface area (Å²) in [4.78, 5) is 27.6. The van der Waals surface area contributed by atoms with Crippen LogP contribution in [-0.4, -0.2) is 22.5 Å². The van der Waals surface area contributed by atoms with Crippen molar-refractivity contribution in [3.05, 3.63) is 60.3 Å². The minimum atomic E-state index is -0.228. The molecule has 6 heteroatoms. The van der Waals surface area contributed by atoms with E-state index in [1.807, 2.05) is 30.3 Å². The molecule has 6 nitrogen and oxygen atoms in total. The summed E-state index contributed by atoms with van der Waals surface area (Å²) in [7, 11) is 0. The Kier molecular flexibility index (Phi) is 6.64. The van der Waals surface area contributed by atoms with Crippen LogP contribution < -0.4 is 10.7 Å². The Hall–Kier alpha value is -3.02. The Morgan fingerprint density at radius 2 is 1.79 bits per heavy atom. The second kappa shape index (κ2) is 9.19. The monoisotopic (exact) mass is 324 g/mol. The molecule has 124 valence electrons. The number of nitrogens with one attached hydrogen (secondary N) is 2. The molecule has 0 aliphatic heterocycles. The van der Waals surface area contributed by atoms with Crippen molar-refractivity contribution in [1.82, 2.24) is 10.4 Å². The first-order chi connectivity index (χ1) is 11.6. The first-order valence-corrected chi connectivity index (χ1v) is 7.70. The molecule has 2 amide bonds. The van der Waals surface area contributed by atoms with Gasteiger partial charge in [0.2, 0.25) is 11.8 Å². The van der Waals surface area contributed by atoms with Crippen LogP contribution in [0.1, 0.15) is 25.3 Å². The van der Waals surface area contributed by atoms with Crippen LogP contribution in [0.5, 0.6) is 0 Å². The smallest absolute Gasteiger partial charge is 0.240 e. The Balaban J connectivity index is 1.72. The van der Waals surface area contributed by atoms with E-state index < -0.39 is 0 Å². The molecule has 0 unspecified atom stereocenters. The summed E-state index contributed by atoms with van der Waals surface area (Å²) >= 11 is 0. The lowest BCUT2D eigenvalue weighted by Gasteiger charge is -2.05. The summed E-state index contributed by atoms with van der Waals surface area (Å²) in [5.74, 6) is 0.0824. The molecule has 2 N–H and O–H groups in total. The lowest BCUT2D eigenvalue weighted by atomic mass is 10.1. The molecule has 0 fully saturated rings. The van der Waals surface area contributed by atoms with E-state index in [0.29, 0.717) is 24.4 Å². The van der Waals surface area contributed by atoms with Gasteiger partial charge in [-0.2, -0.15) is 5.10 Å². The van der Waals surface area contributed by atoms with Gasteiger partial charge in [0, 0.05) is 18.3 Å². The Labute approximate surface area is 141 Å². The number of hydrazone groups is 1. The van der Waals surface area contributed by atoms with Gasteiger partial charge in [0.05, 0.1) is 6.42 Å². The van der Waals surface area contributed by atoms with Gasteiger partial charge in [0.1, 0.15) is 5.82 Å². The molecule has 0 saturated heterocycles. The third-order valence-corrected chi connectivity index (χ3v) is 3.20. The number of hydrogen-bond acceptors (Lipinski definition) is 4. The maximum atomic E-state index is 11.8. The third kappa shape index (κ3) is 6.39. The number of aryl methyl sites for hydroxylation is 1. The van der Waals surface area contributed by atoms with Crippen molar-refractivity contribution in [3.8, 4) is 0 Å². The minimum Gasteiger partial charge on any atom is -0.310 e. The molecular formula is C18H20N4O2. The van der Waals surface area contributed by atoms with Gasteiger partial charge in [-0.3, -0.25) is 9.59 Å². The number of nitrogens with zero attached hydrogens (tertiary/aromatic N) is 2. The van der Waals surface area contributed by atoms with E-state index in [-0.39, 0.29) is 18.2 Å². The molecule has 0 saturated carbocycles. The van der Waals surface area contributed by atoms with Crippen LogP contribution in [0.25, 0.3) is 0 Å². The highest BCUT2D eigenvalue weighted by Gasteiger charge is 2.06. The van der Waals surface area contributed by atoms with Crippen LogP contribution in [0.2, 0.25) is 0 Å². The van der Waals surface area contributed by atoms with Gasteiger partial charge >= 0.3 is 0 Å². The van der Waals surface area contributed by atoms with Crippen molar-refractivity contribution in [3.63, 3.8) is 0 Å². The molecule has 0 bridgehead atoms. The van der Waals surface area contributed by atoms with Gasteiger partial charge in [-0.25, -0.2) is 10.4 Å². The van der Waals surface area contributed by atoms with Crippen LogP contribution in [0.3, 0.4) is 0 Å². The van der Waals surface area contributed by atoms with E-state index in [9.17, 15) is 9.59 Å². The molecule has 1 aromatic heterocycles. The summed E-state index contributed by atoms with van der Waals surface area (Å²) in [6.45, 7) is 1.69. The van der Waals surface area contributed by atoms with E-state index in [1.54, 1.807) is 31.3 Å². The lowest BCUT2D eigenvalue weighted by Crippen LogP contribution is -2.21. The molecule has 24 heavy (non-hydrogen) atoms. The van der Waals surface area contributed by atoms with E-state index in [2.05, 4.69) is 20.8 Å². The van der Waals surface area contributed by atoms with Gasteiger partial charge in [-0.05, 0) is 31.0 Å². The predicted octanol–water partition coefficient (Wildman–Crippen LogP) is 2.54. The van der Waals surface area contributed by atoms with Crippen molar-refractivity contribution < 1.29 is 9.59 Å². The zero-order valence-electron chi connectivity index (χ0n) is 13.5. The van der Waals surface area contributed by atoms with Gasteiger partial charge < -0.3 is 5.32 Å². The summed E-state index contributed by atoms with van der Waals surface area (Å²) < 4.78 is 0.